The Kier molecular flexibility index (Phi) is 16.1. The van der Waals surface area contributed by atoms with Crippen molar-refractivity contribution in [2.75, 3.05) is 0 Å². The van der Waals surface area contributed by atoms with Gasteiger partial charge in [0.25, 0.3) is 0 Å². The van der Waals surface area contributed by atoms with E-state index in [0.29, 0.717) is 17.8 Å². The molecule has 7 aromatic heterocycles. The lowest BCUT2D eigenvalue weighted by molar-refractivity contribution is 0.994. The lowest BCUT2D eigenvalue weighted by Crippen LogP contribution is -2.05. The van der Waals surface area contributed by atoms with Crippen LogP contribution in [0.1, 0.15) is 0 Å². The zero-order valence-corrected chi connectivity index (χ0v) is 66.9. The summed E-state index contributed by atoms with van der Waals surface area (Å²) in [5.74, 6) is 1.82. The summed E-state index contributed by atoms with van der Waals surface area (Å²) in [5.41, 5.74) is 21.1. The second kappa shape index (κ2) is 28.5. The van der Waals surface area contributed by atoms with Gasteiger partial charge >= 0.3 is 0 Å². The van der Waals surface area contributed by atoms with E-state index >= 15 is 0 Å². The third-order valence-electron chi connectivity index (χ3n) is 25.1. The monoisotopic (exact) mass is 1580 g/mol. The molecule has 0 amide bonds. The molecular formula is C114H70N10. The Labute approximate surface area is 711 Å². The second-order valence-electron chi connectivity index (χ2n) is 31.9. The van der Waals surface area contributed by atoms with Gasteiger partial charge in [-0.2, -0.15) is 0 Å². The van der Waals surface area contributed by atoms with Gasteiger partial charge in [0.05, 0.1) is 78.3 Å². The maximum absolute atomic E-state index is 5.61. The summed E-state index contributed by atoms with van der Waals surface area (Å²) >= 11 is 0. The van der Waals surface area contributed by atoms with Gasteiger partial charge in [-0.05, 0) is 131 Å². The minimum Gasteiger partial charge on any atom is -0.309 e. The van der Waals surface area contributed by atoms with E-state index < -0.39 is 0 Å². The summed E-state index contributed by atoms with van der Waals surface area (Å²) in [7, 11) is 0. The van der Waals surface area contributed by atoms with Gasteiger partial charge in [0.15, 0.2) is 0 Å². The van der Waals surface area contributed by atoms with Gasteiger partial charge in [0, 0.05) is 82.2 Å². The molecule has 0 N–H and O–H groups in total. The molecule has 0 aliphatic carbocycles. The van der Waals surface area contributed by atoms with Crippen LogP contribution in [0.25, 0.3) is 243 Å². The number of fused-ring (bicyclic) bond motifs is 20. The van der Waals surface area contributed by atoms with Gasteiger partial charge in [0.1, 0.15) is 0 Å². The first-order valence-corrected chi connectivity index (χ1v) is 42.1. The van der Waals surface area contributed by atoms with Crippen LogP contribution in [0.3, 0.4) is 0 Å². The Morgan fingerprint density at radius 3 is 0.677 bits per heavy atom. The van der Waals surface area contributed by atoms with Crippen LogP contribution in [0.4, 0.5) is 0 Å². The first kappa shape index (κ1) is 70.2. The van der Waals surface area contributed by atoms with Crippen LogP contribution >= 0.6 is 0 Å². The van der Waals surface area contributed by atoms with Crippen molar-refractivity contribution >= 4 is 152 Å². The molecule has 7 heterocycles. The highest BCUT2D eigenvalue weighted by Gasteiger charge is 2.28. The molecule has 10 heteroatoms. The van der Waals surface area contributed by atoms with Crippen molar-refractivity contribution in [2.24, 2.45) is 0 Å². The fraction of sp³-hybridized carbons (Fsp3) is 0. The van der Waals surface area contributed by atoms with E-state index in [0.717, 1.165) is 187 Å². The normalized spacial score (nSPS) is 11.9. The molecule has 124 heavy (non-hydrogen) atoms. The number of rotatable bonds is 10. The molecule has 10 nitrogen and oxygen atoms in total. The van der Waals surface area contributed by atoms with Crippen LogP contribution in [0.5, 0.6) is 0 Å². The van der Waals surface area contributed by atoms with Crippen molar-refractivity contribution in [1.29, 1.82) is 0 Å². The van der Waals surface area contributed by atoms with E-state index in [1.807, 2.05) is 0 Å². The molecule has 0 saturated carbocycles. The average Bonchev–Trinajstić information content (AvgIpc) is 1.54. The molecule has 0 atom stereocenters. The molecule has 19 aromatic carbocycles. The Morgan fingerprint density at radius 2 is 0.371 bits per heavy atom. The van der Waals surface area contributed by atoms with E-state index in [4.69, 9.17) is 29.9 Å². The Bertz CT molecular complexity index is 8590. The highest BCUT2D eigenvalue weighted by molar-refractivity contribution is 6.28. The van der Waals surface area contributed by atoms with Crippen molar-refractivity contribution in [3.8, 4) is 91.1 Å². The lowest BCUT2D eigenvalue weighted by atomic mass is 9.99. The van der Waals surface area contributed by atoms with E-state index in [2.05, 4.69) is 443 Å². The number of hydrogen-bond donors (Lipinski definition) is 0. The summed E-state index contributed by atoms with van der Waals surface area (Å²) in [6, 6.07) is 151. The number of nitrogens with zero attached hydrogens (tertiary/aromatic N) is 10. The fourth-order valence-corrected chi connectivity index (χ4v) is 19.6. The summed E-state index contributed by atoms with van der Waals surface area (Å²) in [5, 5.41) is 23.0. The van der Waals surface area contributed by atoms with Crippen molar-refractivity contribution in [2.45, 2.75) is 0 Å². The summed E-state index contributed by atoms with van der Waals surface area (Å²) in [6.45, 7) is 0. The van der Waals surface area contributed by atoms with Crippen LogP contribution in [-0.4, -0.2) is 48.2 Å². The van der Waals surface area contributed by atoms with E-state index in [-0.39, 0.29) is 0 Å². The number of hydrogen-bond acceptors (Lipinski definition) is 6. The van der Waals surface area contributed by atoms with Crippen LogP contribution in [0, 0.1) is 0 Å². The highest BCUT2D eigenvalue weighted by atomic mass is 15.2. The second-order valence-corrected chi connectivity index (χ2v) is 31.9. The summed E-state index contributed by atoms with van der Waals surface area (Å²) in [4.78, 5) is 33.3. The lowest BCUT2D eigenvalue weighted by Gasteiger charge is -2.15. The van der Waals surface area contributed by atoms with Crippen LogP contribution < -0.4 is 0 Å². The zero-order chi connectivity index (χ0) is 81.5. The number of benzene rings is 19. The molecular weight excluding hydrogens is 1510 g/mol. The molecule has 576 valence electrons. The van der Waals surface area contributed by atoms with Crippen molar-refractivity contribution < 1.29 is 0 Å². The summed E-state index contributed by atoms with van der Waals surface area (Å²) in [6.07, 6.45) is 0. The smallest absolute Gasteiger partial charge is 0.235 e. The minimum atomic E-state index is 0.587. The van der Waals surface area contributed by atoms with Crippen molar-refractivity contribution in [1.82, 2.24) is 48.2 Å². The van der Waals surface area contributed by atoms with E-state index in [9.17, 15) is 0 Å². The molecule has 26 aromatic rings. The predicted octanol–water partition coefficient (Wildman–Crippen LogP) is 29.1. The maximum Gasteiger partial charge on any atom is 0.235 e. The largest absolute Gasteiger partial charge is 0.309 e. The predicted molar refractivity (Wildman–Crippen MR) is 515 cm³/mol. The topological polar surface area (TPSA) is 97.1 Å². The standard InChI is InChI=1S/C66H40N6.C48H30N4/c1-5-25-45-41(17-1)21-13-31-49(45)56-39-57(50-32-14-22-42-18-2-6-26-46(42)50)68-65(67-56)71-61-36-12-10-30-55(61)63-62(71)38-37-54-53-29-9-11-35-60(53)72(64(54)63)66-69-58(51-33-15-23-43-19-3-7-27-47(43)51)40-59(70-66)52-34-16-24-44-20-4-8-28-48(44)52;1-2-18-33(19-3-1)51-43-26-10-8-22-38(43)39-28-29-45-46(47(39)51)40-23-9-11-27-44(40)52(45)48-49-41(36-24-12-16-31-14-4-6-20-34(31)36)30-42(50-48)37-25-13-17-32-15-5-7-21-35(32)37/h1-40H;1-30H. The first-order valence-electron chi connectivity index (χ1n) is 42.1. The quantitative estimate of drug-likeness (QED) is 0.135. The molecule has 0 saturated heterocycles. The number of para-hydroxylation sites is 5. The molecule has 0 aliphatic rings. The molecule has 0 fully saturated rings. The van der Waals surface area contributed by atoms with E-state index in [1.165, 1.54) is 38.0 Å². The van der Waals surface area contributed by atoms with Crippen LogP contribution in [-0.2, 0) is 0 Å². The maximum atomic E-state index is 5.61. The highest BCUT2D eigenvalue weighted by Crippen LogP contribution is 2.47. The van der Waals surface area contributed by atoms with Crippen molar-refractivity contribution in [3.63, 3.8) is 0 Å². The fourth-order valence-electron chi connectivity index (χ4n) is 19.6. The molecule has 0 radical (unpaired) electrons. The number of aromatic nitrogens is 10. The van der Waals surface area contributed by atoms with Crippen LogP contribution in [0.15, 0.2) is 425 Å². The SMILES string of the molecule is c1ccc(-n2c3ccccc3c3ccc4c(c5ccccc5n4-c4nc(-c5cccc6ccccc56)cc(-c5cccc6ccccc56)n4)c32)cc1.c1ccc2c(-c3cc(-c4cccc5ccccc45)nc(-n4c5ccccc5c5c4ccc4c6ccccc6n(-c6nc(-c7cccc8ccccc78)cc(-c7cccc8ccccc78)n6)c45)n3)cccc2c1. The third-order valence-corrected chi connectivity index (χ3v) is 25.1. The minimum absolute atomic E-state index is 0.587. The molecule has 26 rings (SSSR count). The first-order chi connectivity index (χ1) is 61.5. The third kappa shape index (κ3) is 11.2. The van der Waals surface area contributed by atoms with Gasteiger partial charge in [-0.15, -0.1) is 0 Å². The summed E-state index contributed by atoms with van der Waals surface area (Å²) < 4.78 is 9.23. The van der Waals surface area contributed by atoms with Crippen molar-refractivity contribution in [3.05, 3.63) is 425 Å². The van der Waals surface area contributed by atoms with Gasteiger partial charge < -0.3 is 4.57 Å². The average molecular weight is 1580 g/mol. The van der Waals surface area contributed by atoms with Gasteiger partial charge in [-0.25, -0.2) is 29.9 Å². The Hall–Kier alpha value is -16.8. The van der Waals surface area contributed by atoms with E-state index in [1.54, 1.807) is 0 Å². The van der Waals surface area contributed by atoms with Gasteiger partial charge in [-0.1, -0.05) is 358 Å². The molecule has 0 aliphatic heterocycles. The van der Waals surface area contributed by atoms with Crippen LogP contribution in [0.2, 0.25) is 0 Å². The Balaban J connectivity index is 0.000000143. The molecule has 0 spiro atoms. The Morgan fingerprint density at radius 1 is 0.145 bits per heavy atom. The molecule has 0 unspecified atom stereocenters. The molecule has 0 bridgehead atoms. The van der Waals surface area contributed by atoms with Gasteiger partial charge in [-0.3, -0.25) is 13.7 Å². The zero-order valence-electron chi connectivity index (χ0n) is 66.9. The van der Waals surface area contributed by atoms with Gasteiger partial charge in [0.2, 0.25) is 17.8 Å².